The van der Waals surface area contributed by atoms with Crippen LogP contribution in [0.25, 0.3) is 0 Å². The second-order valence-electron chi connectivity index (χ2n) is 6.51. The normalized spacial score (nSPS) is 18.4. The van der Waals surface area contributed by atoms with Gasteiger partial charge in [0.05, 0.1) is 5.56 Å². The number of hydrogen-bond acceptors (Lipinski definition) is 2. The average Bonchev–Trinajstić information content (AvgIpc) is 2.48. The molecule has 1 fully saturated rings. The van der Waals surface area contributed by atoms with Crippen molar-refractivity contribution in [1.29, 1.82) is 0 Å². The smallest absolute Gasteiger partial charge is 0.314 e. The van der Waals surface area contributed by atoms with Gasteiger partial charge in [0.15, 0.2) is 0 Å². The first-order valence-corrected chi connectivity index (χ1v) is 8.48. The molecule has 2 nitrogen and oxygen atoms in total. The standard InChI is InChI=1S/C17H24ClF3N2/c1-12(2)3-6-16(23-9-7-22-8-10-23)14-11-13(17(19,20)21)4-5-15(14)18/h4-5,11-12,16,22H,3,6-10H2,1-2H3/t16-/m1/s1. The number of benzene rings is 1. The highest BCUT2D eigenvalue weighted by Crippen LogP contribution is 2.37. The molecule has 0 unspecified atom stereocenters. The lowest BCUT2D eigenvalue weighted by Crippen LogP contribution is -2.45. The highest BCUT2D eigenvalue weighted by atomic mass is 35.5. The lowest BCUT2D eigenvalue weighted by molar-refractivity contribution is -0.137. The van der Waals surface area contributed by atoms with E-state index in [0.29, 0.717) is 16.5 Å². The van der Waals surface area contributed by atoms with Crippen molar-refractivity contribution in [3.8, 4) is 0 Å². The van der Waals surface area contributed by atoms with Gasteiger partial charge in [-0.3, -0.25) is 4.90 Å². The fourth-order valence-electron chi connectivity index (χ4n) is 3.00. The van der Waals surface area contributed by atoms with Gasteiger partial charge in [-0.2, -0.15) is 13.2 Å². The summed E-state index contributed by atoms with van der Waals surface area (Å²) in [5.74, 6) is 0.505. The Morgan fingerprint density at radius 1 is 1.17 bits per heavy atom. The Morgan fingerprint density at radius 2 is 1.83 bits per heavy atom. The highest BCUT2D eigenvalue weighted by molar-refractivity contribution is 6.31. The van der Waals surface area contributed by atoms with Gasteiger partial charge in [0.25, 0.3) is 0 Å². The Hall–Kier alpha value is -0.780. The number of piperazine rings is 1. The van der Waals surface area contributed by atoms with Crippen molar-refractivity contribution < 1.29 is 13.2 Å². The van der Waals surface area contributed by atoms with E-state index < -0.39 is 11.7 Å². The summed E-state index contributed by atoms with van der Waals surface area (Å²) in [5.41, 5.74) is -0.0226. The van der Waals surface area contributed by atoms with Gasteiger partial charge in [-0.05, 0) is 42.5 Å². The van der Waals surface area contributed by atoms with Crippen LogP contribution in [0.1, 0.15) is 43.9 Å². The van der Waals surface area contributed by atoms with Crippen LogP contribution >= 0.6 is 11.6 Å². The molecule has 6 heteroatoms. The van der Waals surface area contributed by atoms with E-state index in [0.717, 1.165) is 45.1 Å². The molecule has 1 aromatic rings. The topological polar surface area (TPSA) is 15.3 Å². The molecule has 0 aliphatic carbocycles. The van der Waals surface area contributed by atoms with E-state index >= 15 is 0 Å². The minimum atomic E-state index is -4.34. The molecule has 0 spiro atoms. The second kappa shape index (κ2) is 7.86. The Labute approximate surface area is 141 Å². The summed E-state index contributed by atoms with van der Waals surface area (Å²) < 4.78 is 39.2. The van der Waals surface area contributed by atoms with Crippen LogP contribution < -0.4 is 5.32 Å². The van der Waals surface area contributed by atoms with Crippen LogP contribution in [0.15, 0.2) is 18.2 Å². The molecule has 0 saturated carbocycles. The molecule has 0 aromatic heterocycles. The number of rotatable bonds is 5. The molecule has 1 N–H and O–H groups in total. The third-order valence-corrected chi connectivity index (χ3v) is 4.64. The number of halogens is 4. The monoisotopic (exact) mass is 348 g/mol. The van der Waals surface area contributed by atoms with Crippen LogP contribution in [-0.4, -0.2) is 31.1 Å². The summed E-state index contributed by atoms with van der Waals surface area (Å²) in [5, 5.41) is 3.70. The van der Waals surface area contributed by atoms with E-state index in [9.17, 15) is 13.2 Å². The predicted molar refractivity (Wildman–Crippen MR) is 87.7 cm³/mol. The second-order valence-corrected chi connectivity index (χ2v) is 6.91. The minimum Gasteiger partial charge on any atom is -0.314 e. The van der Waals surface area contributed by atoms with Gasteiger partial charge < -0.3 is 5.32 Å². The van der Waals surface area contributed by atoms with Crippen molar-refractivity contribution in [3.05, 3.63) is 34.3 Å². The van der Waals surface area contributed by atoms with Crippen LogP contribution in [-0.2, 0) is 6.18 Å². The lowest BCUT2D eigenvalue weighted by Gasteiger charge is -2.36. The maximum absolute atomic E-state index is 13.1. The Balaban J connectivity index is 2.32. The van der Waals surface area contributed by atoms with E-state index in [1.54, 1.807) is 0 Å². The number of alkyl halides is 3. The first-order valence-electron chi connectivity index (χ1n) is 8.10. The average molecular weight is 349 g/mol. The molecule has 2 rings (SSSR count). The number of nitrogens with one attached hydrogen (secondary N) is 1. The van der Waals surface area contributed by atoms with Crippen molar-refractivity contribution in [2.75, 3.05) is 26.2 Å². The molecule has 1 heterocycles. The predicted octanol–water partition coefficient (Wildman–Crippen LogP) is 4.74. The van der Waals surface area contributed by atoms with Crippen LogP contribution in [0, 0.1) is 5.92 Å². The van der Waals surface area contributed by atoms with Gasteiger partial charge in [0.1, 0.15) is 0 Å². The van der Waals surface area contributed by atoms with Crippen molar-refractivity contribution in [1.82, 2.24) is 10.2 Å². The zero-order valence-corrected chi connectivity index (χ0v) is 14.3. The van der Waals surface area contributed by atoms with E-state index in [1.807, 2.05) is 0 Å². The molecular formula is C17H24ClF3N2. The van der Waals surface area contributed by atoms with Gasteiger partial charge in [0.2, 0.25) is 0 Å². The Morgan fingerprint density at radius 3 is 2.39 bits per heavy atom. The molecule has 0 radical (unpaired) electrons. The maximum atomic E-state index is 13.1. The van der Waals surface area contributed by atoms with Gasteiger partial charge >= 0.3 is 6.18 Å². The van der Waals surface area contributed by atoms with Crippen molar-refractivity contribution in [3.63, 3.8) is 0 Å². The summed E-state index contributed by atoms with van der Waals surface area (Å²) in [6, 6.07) is 3.61. The maximum Gasteiger partial charge on any atom is 0.416 e. The summed E-state index contributed by atoms with van der Waals surface area (Å²) in [6.07, 6.45) is -2.56. The Kier molecular flexibility index (Phi) is 6.34. The molecular weight excluding hydrogens is 325 g/mol. The van der Waals surface area contributed by atoms with E-state index in [4.69, 9.17) is 11.6 Å². The van der Waals surface area contributed by atoms with Crippen molar-refractivity contribution >= 4 is 11.6 Å². The molecule has 130 valence electrons. The summed E-state index contributed by atoms with van der Waals surface area (Å²) in [6.45, 7) is 7.62. The van der Waals surface area contributed by atoms with Crippen molar-refractivity contribution in [2.24, 2.45) is 5.92 Å². The van der Waals surface area contributed by atoms with Gasteiger partial charge in [0, 0.05) is 37.2 Å². The Bertz CT molecular complexity index is 511. The van der Waals surface area contributed by atoms with Gasteiger partial charge in [-0.1, -0.05) is 25.4 Å². The van der Waals surface area contributed by atoms with Crippen LogP contribution in [0.4, 0.5) is 13.2 Å². The lowest BCUT2D eigenvalue weighted by atomic mass is 9.94. The van der Waals surface area contributed by atoms with E-state index in [1.165, 1.54) is 12.1 Å². The molecule has 1 aliphatic heterocycles. The summed E-state index contributed by atoms with van der Waals surface area (Å²) >= 11 is 6.27. The number of hydrogen-bond donors (Lipinski definition) is 1. The largest absolute Gasteiger partial charge is 0.416 e. The minimum absolute atomic E-state index is 0.0608. The molecule has 1 aromatic carbocycles. The first-order chi connectivity index (χ1) is 10.8. The third kappa shape index (κ3) is 5.10. The molecule has 23 heavy (non-hydrogen) atoms. The molecule has 1 aliphatic rings. The molecule has 1 saturated heterocycles. The zero-order valence-electron chi connectivity index (χ0n) is 13.6. The van der Waals surface area contributed by atoms with Crippen LogP contribution in [0.2, 0.25) is 5.02 Å². The molecule has 0 bridgehead atoms. The van der Waals surface area contributed by atoms with E-state index in [2.05, 4.69) is 24.1 Å². The van der Waals surface area contributed by atoms with E-state index in [-0.39, 0.29) is 6.04 Å². The first kappa shape index (κ1) is 18.6. The summed E-state index contributed by atoms with van der Waals surface area (Å²) in [4.78, 5) is 2.25. The third-order valence-electron chi connectivity index (χ3n) is 4.29. The molecule has 1 atom stereocenters. The SMILES string of the molecule is CC(C)CC[C@H](c1cc(C(F)(F)F)ccc1Cl)N1CCNCC1. The fourth-order valence-corrected chi connectivity index (χ4v) is 3.24. The zero-order chi connectivity index (χ0) is 17.0. The van der Waals surface area contributed by atoms with Crippen LogP contribution in [0.3, 0.4) is 0 Å². The highest BCUT2D eigenvalue weighted by Gasteiger charge is 2.33. The fraction of sp³-hybridized carbons (Fsp3) is 0.647. The van der Waals surface area contributed by atoms with Gasteiger partial charge in [-0.15, -0.1) is 0 Å². The summed E-state index contributed by atoms with van der Waals surface area (Å²) in [7, 11) is 0. The number of nitrogens with zero attached hydrogens (tertiary/aromatic N) is 1. The van der Waals surface area contributed by atoms with Crippen LogP contribution in [0.5, 0.6) is 0 Å². The van der Waals surface area contributed by atoms with Gasteiger partial charge in [-0.25, -0.2) is 0 Å². The molecule has 0 amide bonds. The quantitative estimate of drug-likeness (QED) is 0.826. The van der Waals surface area contributed by atoms with Crippen molar-refractivity contribution in [2.45, 2.75) is 38.9 Å².